The second-order valence-electron chi connectivity index (χ2n) is 3.38. The average molecular weight is 305 g/mol. The molecule has 1 aromatic rings. The van der Waals surface area contributed by atoms with Gasteiger partial charge in [-0.15, -0.1) is 0 Å². The Labute approximate surface area is 95.4 Å². The van der Waals surface area contributed by atoms with Gasteiger partial charge in [-0.1, -0.05) is 6.07 Å². The zero-order valence-corrected chi connectivity index (χ0v) is 10.4. The first kappa shape index (κ1) is 9.69. The predicted molar refractivity (Wildman–Crippen MR) is 61.7 cm³/mol. The molecule has 0 radical (unpaired) electrons. The predicted octanol–water partition coefficient (Wildman–Crippen LogP) is 3.42. The molecule has 1 aromatic carbocycles. The summed E-state index contributed by atoms with van der Waals surface area (Å²) in [6.45, 7) is 3.60. The van der Waals surface area contributed by atoms with E-state index in [1.165, 1.54) is 25.1 Å². The molecule has 0 N–H and O–H groups in total. The average Bonchev–Trinajstić information content (AvgIpc) is 2.04. The molecule has 0 atom stereocenters. The van der Waals surface area contributed by atoms with Crippen molar-refractivity contribution >= 4 is 31.9 Å². The monoisotopic (exact) mass is 303 g/mol. The molecule has 1 heterocycles. The Morgan fingerprint density at radius 3 is 2.46 bits per heavy atom. The molecule has 13 heavy (non-hydrogen) atoms. The van der Waals surface area contributed by atoms with Gasteiger partial charge >= 0.3 is 0 Å². The van der Waals surface area contributed by atoms with Gasteiger partial charge in [0.1, 0.15) is 0 Å². The zero-order chi connectivity index (χ0) is 9.26. The van der Waals surface area contributed by atoms with Gasteiger partial charge in [0.2, 0.25) is 0 Å². The SMILES string of the molecule is Brc1ccc(CN2CCC2)cc1Br. The van der Waals surface area contributed by atoms with Crippen LogP contribution in [-0.2, 0) is 6.54 Å². The first-order chi connectivity index (χ1) is 6.25. The lowest BCUT2D eigenvalue weighted by Gasteiger charge is -2.30. The van der Waals surface area contributed by atoms with Crippen LogP contribution < -0.4 is 0 Å². The van der Waals surface area contributed by atoms with Crippen LogP contribution in [0.4, 0.5) is 0 Å². The Hall–Kier alpha value is 0.140. The maximum Gasteiger partial charge on any atom is 0.0320 e. The van der Waals surface area contributed by atoms with E-state index in [4.69, 9.17) is 0 Å². The van der Waals surface area contributed by atoms with Gasteiger partial charge in [0.25, 0.3) is 0 Å². The summed E-state index contributed by atoms with van der Waals surface area (Å²) in [5.41, 5.74) is 1.38. The molecule has 3 heteroatoms. The number of rotatable bonds is 2. The molecule has 2 rings (SSSR count). The van der Waals surface area contributed by atoms with Crippen LogP contribution >= 0.6 is 31.9 Å². The minimum Gasteiger partial charge on any atom is -0.299 e. The Kier molecular flexibility index (Phi) is 3.06. The Morgan fingerprint density at radius 1 is 1.15 bits per heavy atom. The lowest BCUT2D eigenvalue weighted by molar-refractivity contribution is 0.172. The van der Waals surface area contributed by atoms with Gasteiger partial charge in [-0.05, 0) is 69.1 Å². The Balaban J connectivity index is 2.07. The van der Waals surface area contributed by atoms with Gasteiger partial charge in [0.15, 0.2) is 0 Å². The number of benzene rings is 1. The minimum absolute atomic E-state index is 1.09. The molecule has 0 amide bonds. The topological polar surface area (TPSA) is 3.24 Å². The van der Waals surface area contributed by atoms with Gasteiger partial charge in [-0.3, -0.25) is 4.90 Å². The number of likely N-dealkylation sites (tertiary alicyclic amines) is 1. The minimum atomic E-state index is 1.09. The normalized spacial score (nSPS) is 17.1. The molecule has 0 unspecified atom stereocenters. The van der Waals surface area contributed by atoms with Crippen molar-refractivity contribution in [2.45, 2.75) is 13.0 Å². The first-order valence-corrected chi connectivity index (χ1v) is 6.00. The van der Waals surface area contributed by atoms with Crippen molar-refractivity contribution in [3.05, 3.63) is 32.7 Å². The third kappa shape index (κ3) is 2.33. The molecule has 1 saturated heterocycles. The van der Waals surface area contributed by atoms with E-state index in [-0.39, 0.29) is 0 Å². The van der Waals surface area contributed by atoms with Crippen LogP contribution in [0.3, 0.4) is 0 Å². The molecule has 1 aliphatic rings. The lowest BCUT2D eigenvalue weighted by Crippen LogP contribution is -2.36. The van der Waals surface area contributed by atoms with Crippen molar-refractivity contribution in [2.24, 2.45) is 0 Å². The highest BCUT2D eigenvalue weighted by Crippen LogP contribution is 2.24. The molecule has 70 valence electrons. The molecule has 0 spiro atoms. The van der Waals surface area contributed by atoms with E-state index < -0.39 is 0 Å². The highest BCUT2D eigenvalue weighted by atomic mass is 79.9. The van der Waals surface area contributed by atoms with E-state index in [0.717, 1.165) is 15.5 Å². The fourth-order valence-electron chi connectivity index (χ4n) is 1.44. The quantitative estimate of drug-likeness (QED) is 0.809. The van der Waals surface area contributed by atoms with Crippen molar-refractivity contribution in [1.29, 1.82) is 0 Å². The van der Waals surface area contributed by atoms with E-state index in [0.29, 0.717) is 0 Å². The van der Waals surface area contributed by atoms with Crippen molar-refractivity contribution in [3.8, 4) is 0 Å². The Morgan fingerprint density at radius 2 is 1.92 bits per heavy atom. The van der Waals surface area contributed by atoms with E-state index >= 15 is 0 Å². The van der Waals surface area contributed by atoms with Crippen molar-refractivity contribution in [1.82, 2.24) is 4.90 Å². The zero-order valence-electron chi connectivity index (χ0n) is 7.26. The number of hydrogen-bond donors (Lipinski definition) is 0. The fraction of sp³-hybridized carbons (Fsp3) is 0.400. The van der Waals surface area contributed by atoms with E-state index in [1.807, 2.05) is 0 Å². The summed E-state index contributed by atoms with van der Waals surface area (Å²) in [6.07, 6.45) is 1.36. The number of hydrogen-bond acceptors (Lipinski definition) is 1. The molecule has 1 nitrogen and oxygen atoms in total. The largest absolute Gasteiger partial charge is 0.299 e. The van der Waals surface area contributed by atoms with Gasteiger partial charge in [0.05, 0.1) is 0 Å². The van der Waals surface area contributed by atoms with Crippen LogP contribution in [0, 0.1) is 0 Å². The second-order valence-corrected chi connectivity index (χ2v) is 5.09. The highest BCUT2D eigenvalue weighted by Gasteiger charge is 2.13. The van der Waals surface area contributed by atoms with E-state index in [2.05, 4.69) is 55.0 Å². The highest BCUT2D eigenvalue weighted by molar-refractivity contribution is 9.13. The maximum atomic E-state index is 3.51. The van der Waals surface area contributed by atoms with Crippen LogP contribution in [0.2, 0.25) is 0 Å². The molecule has 0 saturated carbocycles. The number of halogens is 2. The van der Waals surface area contributed by atoms with Crippen LogP contribution in [0.1, 0.15) is 12.0 Å². The van der Waals surface area contributed by atoms with Crippen LogP contribution in [0.25, 0.3) is 0 Å². The molecular weight excluding hydrogens is 294 g/mol. The van der Waals surface area contributed by atoms with Gasteiger partial charge in [0, 0.05) is 15.5 Å². The molecule has 1 fully saturated rings. The maximum absolute atomic E-state index is 3.51. The van der Waals surface area contributed by atoms with Crippen molar-refractivity contribution in [3.63, 3.8) is 0 Å². The summed E-state index contributed by atoms with van der Waals surface area (Å²) in [6, 6.07) is 6.45. The van der Waals surface area contributed by atoms with Crippen molar-refractivity contribution in [2.75, 3.05) is 13.1 Å². The summed E-state index contributed by atoms with van der Waals surface area (Å²) >= 11 is 6.98. The van der Waals surface area contributed by atoms with Crippen LogP contribution in [0.5, 0.6) is 0 Å². The third-order valence-corrected chi connectivity index (χ3v) is 4.22. The molecule has 1 aliphatic heterocycles. The summed E-state index contributed by atoms with van der Waals surface area (Å²) in [5.74, 6) is 0. The number of nitrogens with zero attached hydrogens (tertiary/aromatic N) is 1. The molecule has 0 aromatic heterocycles. The standard InChI is InChI=1S/C10H11Br2N/c11-9-3-2-8(6-10(9)12)7-13-4-1-5-13/h2-3,6H,1,4-5,7H2. The molecule has 0 aliphatic carbocycles. The van der Waals surface area contributed by atoms with E-state index in [9.17, 15) is 0 Å². The van der Waals surface area contributed by atoms with Crippen molar-refractivity contribution < 1.29 is 0 Å². The third-order valence-electron chi connectivity index (χ3n) is 2.34. The second kappa shape index (κ2) is 4.11. The van der Waals surface area contributed by atoms with Gasteiger partial charge in [-0.2, -0.15) is 0 Å². The van der Waals surface area contributed by atoms with Gasteiger partial charge in [-0.25, -0.2) is 0 Å². The van der Waals surface area contributed by atoms with Gasteiger partial charge < -0.3 is 0 Å². The van der Waals surface area contributed by atoms with Crippen LogP contribution in [-0.4, -0.2) is 18.0 Å². The van der Waals surface area contributed by atoms with E-state index in [1.54, 1.807) is 0 Å². The molecule has 0 bridgehead atoms. The fourth-order valence-corrected chi connectivity index (χ4v) is 2.11. The summed E-state index contributed by atoms with van der Waals surface area (Å²) in [7, 11) is 0. The first-order valence-electron chi connectivity index (χ1n) is 4.42. The summed E-state index contributed by atoms with van der Waals surface area (Å²) in [4.78, 5) is 2.45. The molecular formula is C10H11Br2N. The summed E-state index contributed by atoms with van der Waals surface area (Å²) in [5, 5.41) is 0. The Bertz CT molecular complexity index is 308. The smallest absolute Gasteiger partial charge is 0.0320 e. The van der Waals surface area contributed by atoms with Crippen LogP contribution in [0.15, 0.2) is 27.1 Å². The lowest BCUT2D eigenvalue weighted by atomic mass is 10.1. The summed E-state index contributed by atoms with van der Waals surface area (Å²) < 4.78 is 2.27.